The average Bonchev–Trinajstić information content (AvgIpc) is 2.49. The number of nitrogens with zero attached hydrogens (tertiary/aromatic N) is 1. The average molecular weight is 348 g/mol. The second-order valence-corrected chi connectivity index (χ2v) is 5.24. The van der Waals surface area contributed by atoms with E-state index in [1.807, 2.05) is 6.07 Å². The van der Waals surface area contributed by atoms with Crippen molar-refractivity contribution in [1.82, 2.24) is 0 Å². The Balaban J connectivity index is 2.35. The smallest absolute Gasteiger partial charge is 0.184 e. The third-order valence-corrected chi connectivity index (χ3v) is 3.56. The molecule has 21 heavy (non-hydrogen) atoms. The fourth-order valence-corrected chi connectivity index (χ4v) is 2.19. The third-order valence-electron chi connectivity index (χ3n) is 3.03. The zero-order valence-corrected chi connectivity index (χ0v) is 12.7. The maximum atomic E-state index is 13.7. The minimum atomic E-state index is -0.967. The van der Waals surface area contributed by atoms with Gasteiger partial charge in [0.1, 0.15) is 5.92 Å². The molecule has 1 atom stereocenters. The summed E-state index contributed by atoms with van der Waals surface area (Å²) in [5.74, 6) is -1.98. The van der Waals surface area contributed by atoms with Gasteiger partial charge in [-0.1, -0.05) is 28.1 Å². The van der Waals surface area contributed by atoms with E-state index in [9.17, 15) is 14.4 Å². The first kappa shape index (κ1) is 15.2. The zero-order chi connectivity index (χ0) is 15.4. The van der Waals surface area contributed by atoms with Crippen LogP contribution in [-0.2, 0) is 0 Å². The number of hydrogen-bond donors (Lipinski definition) is 0. The van der Waals surface area contributed by atoms with Crippen molar-refractivity contribution in [2.45, 2.75) is 5.92 Å². The van der Waals surface area contributed by atoms with Gasteiger partial charge in [0, 0.05) is 10.0 Å². The molecule has 0 aliphatic rings. The first-order valence-corrected chi connectivity index (χ1v) is 6.89. The molecule has 1 unspecified atom stereocenters. The summed E-state index contributed by atoms with van der Waals surface area (Å²) in [5.41, 5.74) is 0.713. The van der Waals surface area contributed by atoms with E-state index >= 15 is 0 Å². The number of carbonyl (C=O) groups excluding carboxylic acids is 1. The summed E-state index contributed by atoms with van der Waals surface area (Å²) < 4.78 is 19.3. The van der Waals surface area contributed by atoms with Gasteiger partial charge in [-0.05, 0) is 35.9 Å². The van der Waals surface area contributed by atoms with E-state index in [2.05, 4.69) is 15.9 Å². The van der Waals surface area contributed by atoms with E-state index in [1.165, 1.54) is 19.2 Å². The molecule has 0 heterocycles. The molecule has 0 saturated carbocycles. The van der Waals surface area contributed by atoms with Crippen LogP contribution < -0.4 is 4.74 Å². The van der Waals surface area contributed by atoms with Gasteiger partial charge in [-0.25, -0.2) is 4.39 Å². The highest BCUT2D eigenvalue weighted by Crippen LogP contribution is 2.25. The highest BCUT2D eigenvalue weighted by atomic mass is 79.9. The Morgan fingerprint density at radius 3 is 2.48 bits per heavy atom. The molecule has 2 aromatic rings. The van der Waals surface area contributed by atoms with Crippen molar-refractivity contribution >= 4 is 21.7 Å². The van der Waals surface area contributed by atoms with Crippen LogP contribution in [-0.4, -0.2) is 12.9 Å². The molecule has 0 fully saturated rings. The number of methoxy groups -OCH3 is 1. The van der Waals surface area contributed by atoms with Crippen LogP contribution in [0.25, 0.3) is 0 Å². The first-order chi connectivity index (χ1) is 10.1. The van der Waals surface area contributed by atoms with Gasteiger partial charge in [0.25, 0.3) is 0 Å². The van der Waals surface area contributed by atoms with Crippen LogP contribution in [0.3, 0.4) is 0 Å². The van der Waals surface area contributed by atoms with Gasteiger partial charge in [-0.15, -0.1) is 0 Å². The summed E-state index contributed by atoms with van der Waals surface area (Å²) in [6.45, 7) is 0. The van der Waals surface area contributed by atoms with Crippen LogP contribution in [0, 0.1) is 17.1 Å². The van der Waals surface area contributed by atoms with Gasteiger partial charge < -0.3 is 4.74 Å². The topological polar surface area (TPSA) is 50.1 Å². The molecule has 0 bridgehead atoms. The minimum Gasteiger partial charge on any atom is -0.494 e. The number of benzene rings is 2. The fourth-order valence-electron chi connectivity index (χ4n) is 1.93. The Bertz CT molecular complexity index is 707. The van der Waals surface area contributed by atoms with Gasteiger partial charge >= 0.3 is 0 Å². The lowest BCUT2D eigenvalue weighted by Crippen LogP contribution is -2.11. The highest BCUT2D eigenvalue weighted by Gasteiger charge is 2.22. The molecule has 5 heteroatoms. The molecule has 0 aromatic heterocycles. The maximum absolute atomic E-state index is 13.7. The van der Waals surface area contributed by atoms with Crippen molar-refractivity contribution in [1.29, 1.82) is 5.26 Å². The van der Waals surface area contributed by atoms with Crippen molar-refractivity contribution < 1.29 is 13.9 Å². The molecule has 2 rings (SSSR count). The molecule has 0 spiro atoms. The Kier molecular flexibility index (Phi) is 4.71. The molecule has 2 aromatic carbocycles. The Morgan fingerprint density at radius 1 is 1.29 bits per heavy atom. The minimum absolute atomic E-state index is 0.0590. The van der Waals surface area contributed by atoms with E-state index in [4.69, 9.17) is 4.74 Å². The lowest BCUT2D eigenvalue weighted by Gasteiger charge is -2.10. The quantitative estimate of drug-likeness (QED) is 0.782. The summed E-state index contributed by atoms with van der Waals surface area (Å²) in [5, 5.41) is 9.25. The van der Waals surface area contributed by atoms with Gasteiger partial charge in [-0.3, -0.25) is 4.79 Å². The van der Waals surface area contributed by atoms with Crippen molar-refractivity contribution in [2.75, 3.05) is 7.11 Å². The van der Waals surface area contributed by atoms with E-state index in [1.54, 1.807) is 24.3 Å². The predicted octanol–water partition coefficient (Wildman–Crippen LogP) is 4.09. The highest BCUT2D eigenvalue weighted by molar-refractivity contribution is 9.10. The van der Waals surface area contributed by atoms with Crippen molar-refractivity contribution in [2.24, 2.45) is 0 Å². The molecule has 0 aliphatic heterocycles. The zero-order valence-electron chi connectivity index (χ0n) is 11.1. The second kappa shape index (κ2) is 6.51. The van der Waals surface area contributed by atoms with Crippen molar-refractivity contribution in [3.63, 3.8) is 0 Å². The number of carbonyl (C=O) groups is 1. The Hall–Kier alpha value is -2.19. The number of nitriles is 1. The van der Waals surface area contributed by atoms with Crippen LogP contribution in [0.4, 0.5) is 4.39 Å². The first-order valence-electron chi connectivity index (χ1n) is 6.09. The predicted molar refractivity (Wildman–Crippen MR) is 79.8 cm³/mol. The number of rotatable bonds is 4. The molecular formula is C16H11BrFNO2. The van der Waals surface area contributed by atoms with Gasteiger partial charge in [-0.2, -0.15) is 5.26 Å². The summed E-state index contributed by atoms with van der Waals surface area (Å²) in [7, 11) is 1.35. The molecule has 0 amide bonds. The molecule has 3 nitrogen and oxygen atoms in total. The van der Waals surface area contributed by atoms with Crippen LogP contribution in [0.15, 0.2) is 46.9 Å². The van der Waals surface area contributed by atoms with Crippen LogP contribution in [0.1, 0.15) is 21.8 Å². The molecule has 0 saturated heterocycles. The maximum Gasteiger partial charge on any atom is 0.184 e. The van der Waals surface area contributed by atoms with Gasteiger partial charge in [0.15, 0.2) is 17.3 Å². The van der Waals surface area contributed by atoms with Crippen molar-refractivity contribution in [3.05, 3.63) is 63.9 Å². The molecule has 0 aliphatic carbocycles. The number of halogens is 2. The van der Waals surface area contributed by atoms with E-state index < -0.39 is 17.5 Å². The summed E-state index contributed by atoms with van der Waals surface area (Å²) >= 11 is 3.29. The molecule has 0 radical (unpaired) electrons. The van der Waals surface area contributed by atoms with Crippen LogP contribution in [0.5, 0.6) is 5.75 Å². The summed E-state index contributed by atoms with van der Waals surface area (Å²) in [6.07, 6.45) is 0. The number of Topliss-reactive ketones (excluding diaryl/α,β-unsaturated/α-hetero) is 1. The molecule has 106 valence electrons. The SMILES string of the molecule is COc1ccc(C(=O)C(C#N)c2ccc(Br)cc2)cc1F. The lowest BCUT2D eigenvalue weighted by atomic mass is 9.92. The van der Waals surface area contributed by atoms with Crippen LogP contribution in [0.2, 0.25) is 0 Å². The van der Waals surface area contributed by atoms with Gasteiger partial charge in [0.2, 0.25) is 0 Å². The molecule has 0 N–H and O–H groups in total. The monoisotopic (exact) mass is 347 g/mol. The number of ether oxygens (including phenoxy) is 1. The van der Waals surface area contributed by atoms with E-state index in [0.29, 0.717) is 5.56 Å². The Morgan fingerprint density at radius 2 is 1.95 bits per heavy atom. The largest absolute Gasteiger partial charge is 0.494 e. The number of hydrogen-bond acceptors (Lipinski definition) is 3. The number of ketones is 1. The standard InChI is InChI=1S/C16H11BrFNO2/c1-21-15-7-4-11(8-14(15)18)16(20)13(9-19)10-2-5-12(17)6-3-10/h2-8,13H,1H3. The van der Waals surface area contributed by atoms with Gasteiger partial charge in [0.05, 0.1) is 13.2 Å². The lowest BCUT2D eigenvalue weighted by molar-refractivity contribution is 0.0978. The van der Waals surface area contributed by atoms with E-state index in [0.717, 1.165) is 10.5 Å². The summed E-state index contributed by atoms with van der Waals surface area (Å²) in [4.78, 5) is 12.4. The summed E-state index contributed by atoms with van der Waals surface area (Å²) in [6, 6.07) is 12.8. The molecular weight excluding hydrogens is 337 g/mol. The normalized spacial score (nSPS) is 11.5. The second-order valence-electron chi connectivity index (χ2n) is 4.33. The third kappa shape index (κ3) is 3.29. The van der Waals surface area contributed by atoms with Crippen molar-refractivity contribution in [3.8, 4) is 11.8 Å². The Labute approximate surface area is 130 Å². The fraction of sp³-hybridized carbons (Fsp3) is 0.125. The van der Waals surface area contributed by atoms with E-state index in [-0.39, 0.29) is 11.3 Å². The van der Waals surface area contributed by atoms with Crippen LogP contribution >= 0.6 is 15.9 Å².